The van der Waals surface area contributed by atoms with Crippen molar-refractivity contribution in [2.24, 2.45) is 5.92 Å². The Hall–Kier alpha value is -2.70. The van der Waals surface area contributed by atoms with Crippen LogP contribution in [0.25, 0.3) is 0 Å². The van der Waals surface area contributed by atoms with Gasteiger partial charge in [-0.1, -0.05) is 50.1 Å². The first-order chi connectivity index (χ1) is 12.9. The molecule has 2 aliphatic rings. The van der Waals surface area contributed by atoms with Gasteiger partial charge in [-0.3, -0.25) is 19.3 Å². The Morgan fingerprint density at radius 1 is 1.07 bits per heavy atom. The molecule has 5 amide bonds. The molecule has 1 aliphatic heterocycles. The van der Waals surface area contributed by atoms with Crippen LogP contribution in [0, 0.1) is 5.92 Å². The standard InChI is InChI=1S/C20H25N3O4/c1-14-8-6-7-11-16(14)23-19(26)18(25)22(20(23)27)13-17(24)21(2)12-15-9-4-3-5-10-15/h3-5,9-10,14,16H,6-8,11-13H2,1-2H3/t14-,16+/m0/s1. The molecule has 1 saturated heterocycles. The van der Waals surface area contributed by atoms with E-state index in [1.165, 1.54) is 4.90 Å². The molecule has 1 heterocycles. The number of rotatable bonds is 5. The van der Waals surface area contributed by atoms with Crippen LogP contribution in [0.4, 0.5) is 4.79 Å². The van der Waals surface area contributed by atoms with E-state index in [1.807, 2.05) is 37.3 Å². The summed E-state index contributed by atoms with van der Waals surface area (Å²) in [5.74, 6) is -1.93. The minimum Gasteiger partial charge on any atom is -0.340 e. The fraction of sp³-hybridized carbons (Fsp3) is 0.500. The number of urea groups is 1. The lowest BCUT2D eigenvalue weighted by Crippen LogP contribution is -2.47. The maximum absolute atomic E-state index is 12.7. The minimum absolute atomic E-state index is 0.163. The maximum atomic E-state index is 12.7. The largest absolute Gasteiger partial charge is 0.340 e. The molecule has 0 aromatic heterocycles. The van der Waals surface area contributed by atoms with Gasteiger partial charge in [-0.05, 0) is 24.3 Å². The van der Waals surface area contributed by atoms with Crippen LogP contribution in [-0.4, -0.2) is 58.1 Å². The lowest BCUT2D eigenvalue weighted by atomic mass is 9.85. The van der Waals surface area contributed by atoms with Crippen LogP contribution in [0.5, 0.6) is 0 Å². The number of imide groups is 2. The van der Waals surface area contributed by atoms with E-state index in [-0.39, 0.29) is 17.9 Å². The van der Waals surface area contributed by atoms with E-state index < -0.39 is 24.4 Å². The number of carbonyl (C=O) groups excluding carboxylic acids is 4. The van der Waals surface area contributed by atoms with Crippen molar-refractivity contribution in [1.29, 1.82) is 0 Å². The molecule has 27 heavy (non-hydrogen) atoms. The molecule has 0 spiro atoms. The second-order valence-corrected chi connectivity index (χ2v) is 7.41. The molecular formula is C20H25N3O4. The van der Waals surface area contributed by atoms with Crippen LogP contribution < -0.4 is 0 Å². The molecule has 1 aliphatic carbocycles. The lowest BCUT2D eigenvalue weighted by molar-refractivity contribution is -0.145. The van der Waals surface area contributed by atoms with Gasteiger partial charge < -0.3 is 4.90 Å². The van der Waals surface area contributed by atoms with E-state index in [0.717, 1.165) is 34.6 Å². The van der Waals surface area contributed by atoms with Gasteiger partial charge in [0.2, 0.25) is 5.91 Å². The van der Waals surface area contributed by atoms with Crippen LogP contribution in [0.1, 0.15) is 38.2 Å². The Labute approximate surface area is 158 Å². The van der Waals surface area contributed by atoms with E-state index in [0.29, 0.717) is 13.0 Å². The summed E-state index contributed by atoms with van der Waals surface area (Å²) in [7, 11) is 1.61. The van der Waals surface area contributed by atoms with Crippen molar-refractivity contribution in [2.75, 3.05) is 13.6 Å². The fourth-order valence-corrected chi connectivity index (χ4v) is 3.84. The second kappa shape index (κ2) is 7.90. The zero-order valence-electron chi connectivity index (χ0n) is 15.8. The molecular weight excluding hydrogens is 346 g/mol. The molecule has 7 heteroatoms. The first-order valence-corrected chi connectivity index (χ1v) is 9.37. The highest BCUT2D eigenvalue weighted by molar-refractivity contribution is 6.45. The molecule has 0 bridgehead atoms. The Bertz CT molecular complexity index is 749. The maximum Gasteiger partial charge on any atom is 0.334 e. The number of benzene rings is 1. The van der Waals surface area contributed by atoms with Crippen molar-refractivity contribution >= 4 is 23.8 Å². The molecule has 0 N–H and O–H groups in total. The van der Waals surface area contributed by atoms with Crippen molar-refractivity contribution in [3.8, 4) is 0 Å². The highest BCUT2D eigenvalue weighted by atomic mass is 16.2. The van der Waals surface area contributed by atoms with Crippen LogP contribution in [0.3, 0.4) is 0 Å². The minimum atomic E-state index is -0.903. The van der Waals surface area contributed by atoms with E-state index in [9.17, 15) is 19.2 Å². The van der Waals surface area contributed by atoms with Crippen LogP contribution in [-0.2, 0) is 20.9 Å². The Morgan fingerprint density at radius 3 is 2.41 bits per heavy atom. The average Bonchev–Trinajstić information content (AvgIpc) is 2.86. The van der Waals surface area contributed by atoms with Crippen LogP contribution in [0.15, 0.2) is 30.3 Å². The Balaban J connectivity index is 1.67. The highest BCUT2D eigenvalue weighted by Gasteiger charge is 2.49. The predicted molar refractivity (Wildman–Crippen MR) is 98.3 cm³/mol. The number of hydrogen-bond acceptors (Lipinski definition) is 4. The van der Waals surface area contributed by atoms with Crippen molar-refractivity contribution in [1.82, 2.24) is 14.7 Å². The molecule has 0 radical (unpaired) electrons. The first kappa shape index (κ1) is 19.1. The number of carbonyl (C=O) groups is 4. The van der Waals surface area contributed by atoms with Gasteiger partial charge in [0.1, 0.15) is 6.54 Å². The van der Waals surface area contributed by atoms with Crippen molar-refractivity contribution in [3.63, 3.8) is 0 Å². The molecule has 2 fully saturated rings. The van der Waals surface area contributed by atoms with Gasteiger partial charge in [0.25, 0.3) is 0 Å². The topological polar surface area (TPSA) is 78.0 Å². The molecule has 2 atom stereocenters. The zero-order chi connectivity index (χ0) is 19.6. The van der Waals surface area contributed by atoms with Crippen LogP contribution >= 0.6 is 0 Å². The van der Waals surface area contributed by atoms with Gasteiger partial charge in [0, 0.05) is 19.6 Å². The van der Waals surface area contributed by atoms with Gasteiger partial charge in [-0.15, -0.1) is 0 Å². The number of amides is 5. The van der Waals surface area contributed by atoms with E-state index in [2.05, 4.69) is 0 Å². The molecule has 1 aromatic carbocycles. The summed E-state index contributed by atoms with van der Waals surface area (Å²) in [6, 6.07) is 8.51. The first-order valence-electron chi connectivity index (χ1n) is 9.37. The van der Waals surface area contributed by atoms with E-state index in [1.54, 1.807) is 7.05 Å². The number of hydrogen-bond donors (Lipinski definition) is 0. The number of nitrogens with zero attached hydrogens (tertiary/aromatic N) is 3. The Morgan fingerprint density at radius 2 is 1.74 bits per heavy atom. The highest BCUT2D eigenvalue weighted by Crippen LogP contribution is 2.31. The van der Waals surface area contributed by atoms with Crippen molar-refractivity contribution in [2.45, 2.75) is 45.2 Å². The van der Waals surface area contributed by atoms with Gasteiger partial charge in [-0.25, -0.2) is 9.69 Å². The van der Waals surface area contributed by atoms with E-state index >= 15 is 0 Å². The zero-order valence-corrected chi connectivity index (χ0v) is 15.8. The van der Waals surface area contributed by atoms with Crippen molar-refractivity contribution < 1.29 is 19.2 Å². The van der Waals surface area contributed by atoms with E-state index in [4.69, 9.17) is 0 Å². The fourth-order valence-electron chi connectivity index (χ4n) is 3.84. The Kier molecular flexibility index (Phi) is 5.58. The second-order valence-electron chi connectivity index (χ2n) is 7.41. The summed E-state index contributed by atoms with van der Waals surface area (Å²) in [6.45, 7) is 1.95. The van der Waals surface area contributed by atoms with Gasteiger partial charge in [0.05, 0.1) is 0 Å². The monoisotopic (exact) mass is 371 g/mol. The van der Waals surface area contributed by atoms with Crippen molar-refractivity contribution in [3.05, 3.63) is 35.9 Å². The lowest BCUT2D eigenvalue weighted by Gasteiger charge is -2.34. The SMILES string of the molecule is C[C@H]1CCCC[C@H]1N1C(=O)C(=O)N(CC(=O)N(C)Cc2ccccc2)C1=O. The quantitative estimate of drug-likeness (QED) is 0.586. The summed E-state index contributed by atoms with van der Waals surface area (Å²) in [4.78, 5) is 53.3. The summed E-state index contributed by atoms with van der Waals surface area (Å²) in [5.41, 5.74) is 0.946. The summed E-state index contributed by atoms with van der Waals surface area (Å²) < 4.78 is 0. The summed E-state index contributed by atoms with van der Waals surface area (Å²) >= 11 is 0. The van der Waals surface area contributed by atoms with Gasteiger partial charge in [-0.2, -0.15) is 0 Å². The molecule has 3 rings (SSSR count). The number of likely N-dealkylation sites (N-methyl/N-ethyl adjacent to an activating group) is 1. The van der Waals surface area contributed by atoms with Gasteiger partial charge >= 0.3 is 17.8 Å². The molecule has 144 valence electrons. The molecule has 1 aromatic rings. The molecule has 1 saturated carbocycles. The molecule has 7 nitrogen and oxygen atoms in total. The summed E-state index contributed by atoms with van der Waals surface area (Å²) in [6.07, 6.45) is 3.63. The summed E-state index contributed by atoms with van der Waals surface area (Å²) in [5, 5.41) is 0. The molecule has 0 unspecified atom stereocenters. The predicted octanol–water partition coefficient (Wildman–Crippen LogP) is 2.01. The van der Waals surface area contributed by atoms with Crippen LogP contribution in [0.2, 0.25) is 0 Å². The third-order valence-corrected chi connectivity index (χ3v) is 5.46. The third kappa shape index (κ3) is 3.86. The third-order valence-electron chi connectivity index (χ3n) is 5.46. The smallest absolute Gasteiger partial charge is 0.334 e. The van der Waals surface area contributed by atoms with Gasteiger partial charge in [0.15, 0.2) is 0 Å². The average molecular weight is 371 g/mol. The normalized spacial score (nSPS) is 23.1.